The maximum atomic E-state index is 10.9. The van der Waals surface area contributed by atoms with Crippen LogP contribution in [0.3, 0.4) is 0 Å². The van der Waals surface area contributed by atoms with E-state index >= 15 is 0 Å². The molecule has 0 bridgehead atoms. The fourth-order valence-electron chi connectivity index (χ4n) is 0.555. The summed E-state index contributed by atoms with van der Waals surface area (Å²) in [5.41, 5.74) is 0. The molecule has 80 valence electrons. The van der Waals surface area contributed by atoms with Gasteiger partial charge in [0.1, 0.15) is 0 Å². The average molecular weight is 322 g/mol. The van der Waals surface area contributed by atoms with Gasteiger partial charge in [0.05, 0.1) is 13.2 Å². The summed E-state index contributed by atoms with van der Waals surface area (Å²) in [6.07, 6.45) is 2.36. The number of alkyl halides is 1. The Morgan fingerprint density at radius 3 is 2.15 bits per heavy atom. The standard InChI is InChI=1S/C7H15IO4S/c1-2-3-6-11-13(9,10)12-7-4-5-8/h2-7H2,1H3. The molecule has 0 spiro atoms. The van der Waals surface area contributed by atoms with Crippen molar-refractivity contribution in [2.75, 3.05) is 17.6 Å². The van der Waals surface area contributed by atoms with E-state index in [1.54, 1.807) is 0 Å². The minimum absolute atomic E-state index is 0.206. The molecule has 0 rings (SSSR count). The first-order chi connectivity index (χ1) is 6.12. The van der Waals surface area contributed by atoms with E-state index in [1.165, 1.54) is 0 Å². The molecule has 0 aromatic carbocycles. The molecule has 0 amide bonds. The minimum atomic E-state index is -3.73. The van der Waals surface area contributed by atoms with Gasteiger partial charge in [-0.15, -0.1) is 0 Å². The molecule has 0 saturated carbocycles. The Labute approximate surface area is 93.5 Å². The molecule has 0 N–H and O–H groups in total. The predicted molar refractivity (Wildman–Crippen MR) is 59.2 cm³/mol. The molecule has 0 saturated heterocycles. The third-order valence-corrected chi connectivity index (χ3v) is 2.90. The monoisotopic (exact) mass is 322 g/mol. The van der Waals surface area contributed by atoms with E-state index in [9.17, 15) is 8.42 Å². The van der Waals surface area contributed by atoms with Crippen molar-refractivity contribution in [1.29, 1.82) is 0 Å². The highest BCUT2D eigenvalue weighted by molar-refractivity contribution is 14.1. The summed E-state index contributed by atoms with van der Waals surface area (Å²) in [5.74, 6) is 0. The molecule has 0 heterocycles. The second-order valence-corrected chi connectivity index (χ2v) is 4.81. The normalized spacial score (nSPS) is 11.8. The van der Waals surface area contributed by atoms with E-state index in [0.29, 0.717) is 0 Å². The Bertz CT molecular complexity index is 187. The quantitative estimate of drug-likeness (QED) is 0.389. The van der Waals surface area contributed by atoms with Crippen molar-refractivity contribution in [1.82, 2.24) is 0 Å². The van der Waals surface area contributed by atoms with E-state index < -0.39 is 10.4 Å². The highest BCUT2D eigenvalue weighted by atomic mass is 127. The van der Waals surface area contributed by atoms with E-state index in [-0.39, 0.29) is 13.2 Å². The zero-order chi connectivity index (χ0) is 10.2. The molecule has 0 aromatic heterocycles. The topological polar surface area (TPSA) is 52.6 Å². The first kappa shape index (κ1) is 13.6. The molecule has 0 aliphatic rings. The lowest BCUT2D eigenvalue weighted by atomic mass is 10.4. The Kier molecular flexibility index (Phi) is 8.32. The van der Waals surface area contributed by atoms with Crippen molar-refractivity contribution in [3.63, 3.8) is 0 Å². The molecule has 6 heteroatoms. The molecule has 13 heavy (non-hydrogen) atoms. The lowest BCUT2D eigenvalue weighted by molar-refractivity contribution is 0.213. The van der Waals surface area contributed by atoms with Crippen molar-refractivity contribution in [2.24, 2.45) is 0 Å². The van der Waals surface area contributed by atoms with Gasteiger partial charge in [0.15, 0.2) is 0 Å². The van der Waals surface area contributed by atoms with Gasteiger partial charge in [0, 0.05) is 4.43 Å². The lowest BCUT2D eigenvalue weighted by Gasteiger charge is -2.03. The Balaban J connectivity index is 3.55. The van der Waals surface area contributed by atoms with Gasteiger partial charge < -0.3 is 0 Å². The summed E-state index contributed by atoms with van der Waals surface area (Å²) < 4.78 is 31.9. The van der Waals surface area contributed by atoms with Gasteiger partial charge in [-0.3, -0.25) is 0 Å². The summed E-state index contributed by atoms with van der Waals surface area (Å²) in [5, 5.41) is 0. The second-order valence-electron chi connectivity index (χ2n) is 2.45. The smallest absolute Gasteiger partial charge is 0.248 e. The molecule has 0 fully saturated rings. The van der Waals surface area contributed by atoms with Crippen LogP contribution < -0.4 is 0 Å². The first-order valence-electron chi connectivity index (χ1n) is 4.22. The van der Waals surface area contributed by atoms with Crippen LogP contribution in [-0.2, 0) is 18.8 Å². The first-order valence-corrected chi connectivity index (χ1v) is 7.08. The minimum Gasteiger partial charge on any atom is -0.248 e. The fourth-order valence-corrected chi connectivity index (χ4v) is 1.58. The van der Waals surface area contributed by atoms with Crippen LogP contribution >= 0.6 is 22.6 Å². The Morgan fingerprint density at radius 2 is 1.69 bits per heavy atom. The fraction of sp³-hybridized carbons (Fsp3) is 1.00. The van der Waals surface area contributed by atoms with Gasteiger partial charge in [0.2, 0.25) is 0 Å². The number of rotatable bonds is 8. The van der Waals surface area contributed by atoms with Gasteiger partial charge in [-0.25, -0.2) is 8.37 Å². The summed E-state index contributed by atoms with van der Waals surface area (Å²) in [6.45, 7) is 2.38. The number of hydrogen-bond donors (Lipinski definition) is 0. The summed E-state index contributed by atoms with van der Waals surface area (Å²) in [6, 6.07) is 0. The average Bonchev–Trinajstić information content (AvgIpc) is 2.05. The van der Waals surface area contributed by atoms with Crippen LogP contribution in [0, 0.1) is 0 Å². The van der Waals surface area contributed by atoms with Crippen molar-refractivity contribution in [3.8, 4) is 0 Å². The molecular weight excluding hydrogens is 307 g/mol. The Morgan fingerprint density at radius 1 is 1.15 bits per heavy atom. The molecule has 0 atom stereocenters. The van der Waals surface area contributed by atoms with Crippen molar-refractivity contribution >= 4 is 33.0 Å². The maximum absolute atomic E-state index is 10.9. The second kappa shape index (κ2) is 7.95. The van der Waals surface area contributed by atoms with Crippen LogP contribution in [0.5, 0.6) is 0 Å². The highest BCUT2D eigenvalue weighted by Gasteiger charge is 2.10. The number of halogens is 1. The third kappa shape index (κ3) is 8.92. The van der Waals surface area contributed by atoms with Crippen LogP contribution in [0.15, 0.2) is 0 Å². The summed E-state index contributed by atoms with van der Waals surface area (Å²) in [7, 11) is -3.73. The Hall–Kier alpha value is 0.600. The van der Waals surface area contributed by atoms with Crippen LogP contribution in [0.1, 0.15) is 26.2 Å². The number of hydrogen-bond acceptors (Lipinski definition) is 4. The van der Waals surface area contributed by atoms with Crippen LogP contribution in [0.4, 0.5) is 0 Å². The maximum Gasteiger partial charge on any atom is 0.399 e. The van der Waals surface area contributed by atoms with Crippen molar-refractivity contribution in [2.45, 2.75) is 26.2 Å². The summed E-state index contributed by atoms with van der Waals surface area (Å²) >= 11 is 2.16. The third-order valence-electron chi connectivity index (χ3n) is 1.23. The van der Waals surface area contributed by atoms with Crippen molar-refractivity contribution < 1.29 is 16.8 Å². The lowest BCUT2D eigenvalue weighted by Crippen LogP contribution is -2.12. The molecule has 0 aliphatic heterocycles. The van der Waals surface area contributed by atoms with Crippen LogP contribution in [0.2, 0.25) is 0 Å². The van der Waals surface area contributed by atoms with E-state index in [0.717, 1.165) is 23.7 Å². The van der Waals surface area contributed by atoms with E-state index in [4.69, 9.17) is 0 Å². The molecule has 4 nitrogen and oxygen atoms in total. The number of unbranched alkanes of at least 4 members (excludes halogenated alkanes) is 1. The van der Waals surface area contributed by atoms with E-state index in [1.807, 2.05) is 6.92 Å². The van der Waals surface area contributed by atoms with Gasteiger partial charge >= 0.3 is 10.4 Å². The zero-order valence-electron chi connectivity index (χ0n) is 7.66. The van der Waals surface area contributed by atoms with Gasteiger partial charge in [-0.2, -0.15) is 8.42 Å². The van der Waals surface area contributed by atoms with Crippen LogP contribution in [-0.4, -0.2) is 26.1 Å². The van der Waals surface area contributed by atoms with Gasteiger partial charge in [-0.05, 0) is 12.8 Å². The molecule has 0 unspecified atom stereocenters. The van der Waals surface area contributed by atoms with Gasteiger partial charge in [0.25, 0.3) is 0 Å². The van der Waals surface area contributed by atoms with Gasteiger partial charge in [-0.1, -0.05) is 35.9 Å². The van der Waals surface area contributed by atoms with Crippen molar-refractivity contribution in [3.05, 3.63) is 0 Å². The summed E-state index contributed by atoms with van der Waals surface area (Å²) in [4.78, 5) is 0. The SMILES string of the molecule is CCCCOS(=O)(=O)OCCCI. The molecule has 0 aromatic rings. The largest absolute Gasteiger partial charge is 0.399 e. The molecule has 0 radical (unpaired) electrons. The van der Waals surface area contributed by atoms with E-state index in [2.05, 4.69) is 31.0 Å². The molecular formula is C7H15IO4S. The molecule has 0 aliphatic carbocycles. The highest BCUT2D eigenvalue weighted by Crippen LogP contribution is 2.00. The zero-order valence-corrected chi connectivity index (χ0v) is 10.6. The predicted octanol–water partition coefficient (Wildman–Crippen LogP) is 1.89. The van der Waals surface area contributed by atoms with Crippen LogP contribution in [0.25, 0.3) is 0 Å².